The number of hydrogen-bond donors (Lipinski definition) is 0. The molecule has 0 N–H and O–H groups in total. The molecule has 0 aromatic rings. The monoisotopic (exact) mass is 352 g/mol. The Morgan fingerprint density at radius 2 is 0.895 bits per heavy atom. The van der Waals surface area contributed by atoms with E-state index in [4.69, 9.17) is 20.9 Å². The number of hydrogen-bond acceptors (Lipinski definition) is 5. The van der Waals surface area contributed by atoms with Gasteiger partial charge in [-0.25, -0.2) is 0 Å². The van der Waals surface area contributed by atoms with Crippen LogP contribution < -0.4 is 18.9 Å². The minimum absolute atomic E-state index is 0. The molecule has 1 saturated heterocycles. The van der Waals surface area contributed by atoms with Crippen LogP contribution in [-0.2, 0) is 20.9 Å². The largest absolute Gasteiger partial charge is 1.00 e. The molecular weight excluding hydrogens is 323 g/mol. The van der Waals surface area contributed by atoms with E-state index in [2.05, 4.69) is 13.1 Å². The van der Waals surface area contributed by atoms with E-state index in [-0.39, 0.29) is 26.3 Å². The Morgan fingerprint density at radius 1 is 0.737 bits per heavy atom. The molecule has 0 unspecified atom stereocenters. The van der Waals surface area contributed by atoms with Crippen LogP contribution in [0.3, 0.4) is 0 Å². The standard InChI is InChI=1S/C4H16O4Si4.C3H10OSi.CH3.Li/c1-9-5-10(2)7-12(4)8-11(3)6-9;1-4-5(2)3;;/h9-12H,1-4H3;5H,1-3H3;1H3;/q;;-1;+1. The van der Waals surface area contributed by atoms with Crippen LogP contribution in [0.4, 0.5) is 0 Å². The predicted octanol–water partition coefficient (Wildman–Crippen LogP) is -2.46. The predicted molar refractivity (Wildman–Crippen MR) is 88.7 cm³/mol. The second-order valence-electron chi connectivity index (χ2n) is 4.10. The van der Waals surface area contributed by atoms with Crippen molar-refractivity contribution in [2.24, 2.45) is 0 Å². The summed E-state index contributed by atoms with van der Waals surface area (Å²) in [5.74, 6) is 0. The molecule has 0 saturated carbocycles. The summed E-state index contributed by atoms with van der Waals surface area (Å²) in [6, 6.07) is 0. The Labute approximate surface area is 139 Å². The first kappa shape index (κ1) is 25.4. The summed E-state index contributed by atoms with van der Waals surface area (Å²) in [7, 11) is -4.55. The summed E-state index contributed by atoms with van der Waals surface area (Å²) < 4.78 is 27.5. The molecule has 11 heteroatoms. The first-order valence-electron chi connectivity index (χ1n) is 5.99. The second kappa shape index (κ2) is 14.4. The van der Waals surface area contributed by atoms with Crippen molar-refractivity contribution in [2.75, 3.05) is 7.11 Å². The van der Waals surface area contributed by atoms with Crippen molar-refractivity contribution >= 4 is 46.2 Å². The topological polar surface area (TPSA) is 46.2 Å². The zero-order valence-electron chi connectivity index (χ0n) is 13.9. The third-order valence-electron chi connectivity index (χ3n) is 2.00. The minimum Gasteiger partial charge on any atom is -0.424 e. The van der Waals surface area contributed by atoms with Crippen LogP contribution in [-0.4, -0.2) is 53.3 Å². The fourth-order valence-electron chi connectivity index (χ4n) is 1.21. The molecule has 1 heterocycles. The summed E-state index contributed by atoms with van der Waals surface area (Å²) in [5, 5.41) is 0. The Bertz CT molecular complexity index is 164. The SMILES string of the molecule is CO[SiH](C)C.C[SiH]1O[SiH](C)O[SiH](C)O[SiH](C)O1.[CH3-].[Li+]. The maximum Gasteiger partial charge on any atom is 1.00 e. The first-order chi connectivity index (χ1) is 7.85. The van der Waals surface area contributed by atoms with E-state index < -0.39 is 46.2 Å². The summed E-state index contributed by atoms with van der Waals surface area (Å²) in [6.07, 6.45) is 0. The Balaban J connectivity index is -0.000000320. The molecule has 1 aliphatic heterocycles. The Hall–Kier alpha value is 1.48. The summed E-state index contributed by atoms with van der Waals surface area (Å²) in [5.41, 5.74) is 0. The molecule has 112 valence electrons. The van der Waals surface area contributed by atoms with Crippen molar-refractivity contribution in [1.29, 1.82) is 0 Å². The van der Waals surface area contributed by atoms with E-state index in [1.54, 1.807) is 7.11 Å². The van der Waals surface area contributed by atoms with Crippen LogP contribution in [0.1, 0.15) is 0 Å². The molecule has 1 aliphatic rings. The van der Waals surface area contributed by atoms with Gasteiger partial charge in [0.05, 0.1) is 0 Å². The van der Waals surface area contributed by atoms with Crippen molar-refractivity contribution < 1.29 is 39.7 Å². The molecule has 0 bridgehead atoms. The van der Waals surface area contributed by atoms with E-state index in [0.29, 0.717) is 0 Å². The van der Waals surface area contributed by atoms with Crippen molar-refractivity contribution in [3.63, 3.8) is 0 Å². The van der Waals surface area contributed by atoms with Gasteiger partial charge in [0.15, 0.2) is 9.04 Å². The van der Waals surface area contributed by atoms with Gasteiger partial charge >= 0.3 is 18.9 Å². The van der Waals surface area contributed by atoms with Crippen LogP contribution in [0.15, 0.2) is 0 Å². The van der Waals surface area contributed by atoms with Crippen LogP contribution >= 0.6 is 0 Å². The van der Waals surface area contributed by atoms with Gasteiger partial charge in [-0.3, -0.25) is 0 Å². The molecule has 1 fully saturated rings. The molecule has 0 aliphatic carbocycles. The zero-order valence-corrected chi connectivity index (χ0v) is 19.7. The smallest absolute Gasteiger partial charge is 0.424 e. The van der Waals surface area contributed by atoms with Crippen molar-refractivity contribution in [3.8, 4) is 0 Å². The fourth-order valence-corrected chi connectivity index (χ4v) is 13.2. The first-order valence-corrected chi connectivity index (χ1v) is 17.2. The summed E-state index contributed by atoms with van der Waals surface area (Å²) in [6.45, 7) is 12.4. The van der Waals surface area contributed by atoms with Crippen molar-refractivity contribution in [2.45, 2.75) is 39.3 Å². The van der Waals surface area contributed by atoms with Gasteiger partial charge in [0, 0.05) is 7.11 Å². The molecule has 0 aromatic heterocycles. The molecule has 0 radical (unpaired) electrons. The van der Waals surface area contributed by atoms with Gasteiger partial charge in [0.25, 0.3) is 37.1 Å². The minimum atomic E-state index is -1.42. The third kappa shape index (κ3) is 15.7. The van der Waals surface area contributed by atoms with E-state index in [1.807, 2.05) is 26.2 Å². The third-order valence-corrected chi connectivity index (χ3v) is 15.2. The average molecular weight is 353 g/mol. The Kier molecular flexibility index (Phi) is 19.3. The molecule has 0 spiro atoms. The van der Waals surface area contributed by atoms with Gasteiger partial charge in [-0.2, -0.15) is 0 Å². The van der Waals surface area contributed by atoms with E-state index >= 15 is 0 Å². The van der Waals surface area contributed by atoms with Crippen molar-refractivity contribution in [3.05, 3.63) is 7.43 Å². The quantitative estimate of drug-likeness (QED) is 0.387. The zero-order chi connectivity index (χ0) is 13.4. The van der Waals surface area contributed by atoms with Crippen LogP contribution in [0.25, 0.3) is 0 Å². The van der Waals surface area contributed by atoms with E-state index in [9.17, 15) is 0 Å². The molecule has 5 nitrogen and oxygen atoms in total. The van der Waals surface area contributed by atoms with Crippen LogP contribution in [0, 0.1) is 7.43 Å². The van der Waals surface area contributed by atoms with Gasteiger partial charge < -0.3 is 28.3 Å². The van der Waals surface area contributed by atoms with E-state index in [0.717, 1.165) is 0 Å². The van der Waals surface area contributed by atoms with Gasteiger partial charge in [-0.05, 0) is 39.3 Å². The average Bonchev–Trinajstić information content (AvgIpc) is 2.15. The molecule has 0 aromatic carbocycles. The van der Waals surface area contributed by atoms with Gasteiger partial charge in [0.1, 0.15) is 0 Å². The summed E-state index contributed by atoms with van der Waals surface area (Å²) >= 11 is 0. The second-order valence-corrected chi connectivity index (χ2v) is 15.6. The van der Waals surface area contributed by atoms with Gasteiger partial charge in [0.2, 0.25) is 0 Å². The van der Waals surface area contributed by atoms with Gasteiger partial charge in [-0.1, -0.05) is 0 Å². The summed E-state index contributed by atoms with van der Waals surface area (Å²) in [4.78, 5) is 0. The molecule has 0 amide bonds. The molecular formula is C8H29LiO5Si5. The van der Waals surface area contributed by atoms with Crippen molar-refractivity contribution in [1.82, 2.24) is 0 Å². The molecule has 0 atom stereocenters. The van der Waals surface area contributed by atoms with E-state index in [1.165, 1.54) is 0 Å². The maximum atomic E-state index is 5.65. The maximum absolute atomic E-state index is 5.65. The van der Waals surface area contributed by atoms with Crippen LogP contribution in [0.5, 0.6) is 0 Å². The number of rotatable bonds is 1. The molecule has 1 rings (SSSR count). The molecule has 19 heavy (non-hydrogen) atoms. The van der Waals surface area contributed by atoms with Crippen LogP contribution in [0.2, 0.25) is 39.3 Å². The fraction of sp³-hybridized carbons (Fsp3) is 0.875. The normalized spacial score (nSPS) is 30.9. The Morgan fingerprint density at radius 3 is 1.00 bits per heavy atom. The van der Waals surface area contributed by atoms with Gasteiger partial charge in [-0.15, -0.1) is 0 Å².